The number of nitrogens with zero attached hydrogens (tertiary/aromatic N) is 2. The fraction of sp³-hybridized carbons (Fsp3) is 0.483. The van der Waals surface area contributed by atoms with Gasteiger partial charge in [0, 0.05) is 37.8 Å². The largest absolute Gasteiger partial charge is 0.573 e. The Labute approximate surface area is 232 Å². The molecule has 1 aliphatic heterocycles. The van der Waals surface area contributed by atoms with Crippen LogP contribution in [0.5, 0.6) is 5.75 Å². The van der Waals surface area contributed by atoms with E-state index in [1.54, 1.807) is 63.9 Å². The number of carbonyl (C=O) groups is 3. The van der Waals surface area contributed by atoms with Gasteiger partial charge in [-0.3, -0.25) is 9.59 Å². The molecule has 218 valence electrons. The molecule has 2 aromatic rings. The van der Waals surface area contributed by atoms with Crippen LogP contribution in [0.4, 0.5) is 23.7 Å². The molecule has 1 aliphatic rings. The van der Waals surface area contributed by atoms with Crippen LogP contribution in [0.15, 0.2) is 42.5 Å². The molecule has 3 rings (SSSR count). The summed E-state index contributed by atoms with van der Waals surface area (Å²) in [7, 11) is 1.56. The van der Waals surface area contributed by atoms with Crippen molar-refractivity contribution < 1.29 is 37.0 Å². The topological polar surface area (TPSA) is 88.2 Å². The second kappa shape index (κ2) is 12.6. The Morgan fingerprint density at radius 2 is 1.75 bits per heavy atom. The van der Waals surface area contributed by atoms with E-state index < -0.39 is 24.1 Å². The van der Waals surface area contributed by atoms with Crippen LogP contribution in [0.3, 0.4) is 0 Å². The highest BCUT2D eigenvalue weighted by atomic mass is 19.4. The molecule has 8 nitrogen and oxygen atoms in total. The van der Waals surface area contributed by atoms with Crippen LogP contribution in [-0.2, 0) is 14.3 Å². The third-order valence-corrected chi connectivity index (χ3v) is 6.39. The third kappa shape index (κ3) is 8.62. The number of piperidine rings is 1. The summed E-state index contributed by atoms with van der Waals surface area (Å²) in [6.07, 6.45) is -3.25. The van der Waals surface area contributed by atoms with Crippen molar-refractivity contribution in [3.63, 3.8) is 0 Å². The van der Waals surface area contributed by atoms with E-state index in [0.29, 0.717) is 29.8 Å². The van der Waals surface area contributed by atoms with Crippen molar-refractivity contribution in [2.24, 2.45) is 0 Å². The fourth-order valence-corrected chi connectivity index (χ4v) is 4.51. The quantitative estimate of drug-likeness (QED) is 0.438. The maximum atomic E-state index is 13.2. The monoisotopic (exact) mass is 563 g/mol. The summed E-state index contributed by atoms with van der Waals surface area (Å²) >= 11 is 0. The lowest BCUT2D eigenvalue weighted by molar-refractivity contribution is -0.274. The third-order valence-electron chi connectivity index (χ3n) is 6.39. The maximum absolute atomic E-state index is 13.2. The van der Waals surface area contributed by atoms with Crippen LogP contribution in [-0.4, -0.2) is 65.8 Å². The molecule has 0 bridgehead atoms. The van der Waals surface area contributed by atoms with Crippen LogP contribution in [0.2, 0.25) is 0 Å². The molecule has 1 heterocycles. The van der Waals surface area contributed by atoms with Crippen molar-refractivity contribution in [2.45, 2.75) is 71.4 Å². The summed E-state index contributed by atoms with van der Waals surface area (Å²) < 4.78 is 48.1. The fourth-order valence-electron chi connectivity index (χ4n) is 4.51. The molecule has 1 fully saturated rings. The minimum absolute atomic E-state index is 0.0483. The molecular weight excluding hydrogens is 527 g/mol. The van der Waals surface area contributed by atoms with Gasteiger partial charge in [0.1, 0.15) is 17.4 Å². The molecule has 1 N–H and O–H groups in total. The molecule has 0 unspecified atom stereocenters. The van der Waals surface area contributed by atoms with E-state index in [1.165, 1.54) is 23.1 Å². The molecule has 0 aromatic heterocycles. The highest BCUT2D eigenvalue weighted by Crippen LogP contribution is 2.36. The number of amides is 3. The van der Waals surface area contributed by atoms with E-state index in [-0.39, 0.29) is 36.1 Å². The smallest absolute Gasteiger partial charge is 0.444 e. The number of likely N-dealkylation sites (tertiary alicyclic amines) is 1. The van der Waals surface area contributed by atoms with Crippen molar-refractivity contribution in [3.05, 3.63) is 48.0 Å². The number of ether oxygens (including phenoxy) is 2. The Morgan fingerprint density at radius 1 is 1.05 bits per heavy atom. The summed E-state index contributed by atoms with van der Waals surface area (Å²) in [6.45, 7) is 7.60. The SMILES string of the molecule is Cc1cc(NC(=O)[C@H]2CCCCN2C(=O)CCN(C)C(=O)OC(C)(C)C)ccc1-c1ccccc1OC(F)(F)F. The standard InChI is InChI=1S/C29H36F3N3O5/c1-19-18-20(13-14-21(19)22-10-6-7-12-24(22)39-29(30,31)32)33-26(37)23-11-8-9-16-35(23)25(36)15-17-34(5)27(38)40-28(2,3)4/h6-7,10,12-14,18,23H,8-9,11,15-17H2,1-5H3,(H,33,37)/t23-/m1/s1. The van der Waals surface area contributed by atoms with Crippen molar-refractivity contribution in [1.82, 2.24) is 9.80 Å². The number of hydrogen-bond donors (Lipinski definition) is 1. The van der Waals surface area contributed by atoms with Gasteiger partial charge >= 0.3 is 12.5 Å². The van der Waals surface area contributed by atoms with Crippen LogP contribution in [0, 0.1) is 6.92 Å². The average molecular weight is 564 g/mol. The van der Waals surface area contributed by atoms with Crippen LogP contribution in [0.1, 0.15) is 52.0 Å². The molecule has 11 heteroatoms. The number of aryl methyl sites for hydroxylation is 1. The van der Waals surface area contributed by atoms with Gasteiger partial charge in [0.25, 0.3) is 0 Å². The number of hydrogen-bond acceptors (Lipinski definition) is 5. The Hall–Kier alpha value is -3.76. The van der Waals surface area contributed by atoms with Gasteiger partial charge in [-0.25, -0.2) is 4.79 Å². The average Bonchev–Trinajstić information content (AvgIpc) is 2.85. The number of carbonyl (C=O) groups excluding carboxylic acids is 3. The summed E-state index contributed by atoms with van der Waals surface area (Å²) in [5.41, 5.74) is 1.25. The highest BCUT2D eigenvalue weighted by Gasteiger charge is 2.33. The molecule has 2 aromatic carbocycles. The summed E-state index contributed by atoms with van der Waals surface area (Å²) in [5, 5.41) is 2.85. The van der Waals surface area contributed by atoms with Gasteiger partial charge in [-0.05, 0) is 76.3 Å². The van der Waals surface area contributed by atoms with Crippen LogP contribution in [0.25, 0.3) is 11.1 Å². The zero-order valence-corrected chi connectivity index (χ0v) is 23.4. The van der Waals surface area contributed by atoms with Gasteiger partial charge in [0.05, 0.1) is 0 Å². The van der Waals surface area contributed by atoms with E-state index in [1.807, 2.05) is 0 Å². The number of rotatable bonds is 7. The molecule has 0 saturated carbocycles. The minimum atomic E-state index is -4.83. The second-order valence-electron chi connectivity index (χ2n) is 10.8. The lowest BCUT2D eigenvalue weighted by Gasteiger charge is -2.35. The first-order valence-electron chi connectivity index (χ1n) is 13.1. The van der Waals surface area contributed by atoms with Crippen LogP contribution >= 0.6 is 0 Å². The van der Waals surface area contributed by atoms with E-state index in [4.69, 9.17) is 4.74 Å². The van der Waals surface area contributed by atoms with Gasteiger partial charge in [-0.2, -0.15) is 0 Å². The first kappa shape index (κ1) is 30.8. The lowest BCUT2D eigenvalue weighted by Crippen LogP contribution is -2.50. The van der Waals surface area contributed by atoms with Gasteiger partial charge in [0.15, 0.2) is 0 Å². The predicted molar refractivity (Wildman–Crippen MR) is 145 cm³/mol. The Balaban J connectivity index is 1.67. The Kier molecular flexibility index (Phi) is 9.70. The van der Waals surface area contributed by atoms with Gasteiger partial charge in [-0.1, -0.05) is 24.3 Å². The molecular formula is C29H36F3N3O5. The molecule has 0 spiro atoms. The highest BCUT2D eigenvalue weighted by molar-refractivity contribution is 5.97. The van der Waals surface area contributed by atoms with Crippen molar-refractivity contribution in [2.75, 3.05) is 25.5 Å². The normalized spacial score (nSPS) is 15.8. The molecule has 40 heavy (non-hydrogen) atoms. The number of anilines is 1. The minimum Gasteiger partial charge on any atom is -0.444 e. The second-order valence-corrected chi connectivity index (χ2v) is 10.8. The zero-order chi connectivity index (χ0) is 29.7. The van der Waals surface area contributed by atoms with E-state index >= 15 is 0 Å². The van der Waals surface area contributed by atoms with E-state index in [2.05, 4.69) is 10.1 Å². The summed E-state index contributed by atoms with van der Waals surface area (Å²) in [5.74, 6) is -0.895. The van der Waals surface area contributed by atoms with Crippen molar-refractivity contribution in [3.8, 4) is 16.9 Å². The first-order chi connectivity index (χ1) is 18.6. The zero-order valence-electron chi connectivity index (χ0n) is 23.4. The molecule has 0 aliphatic carbocycles. The van der Waals surface area contributed by atoms with E-state index in [0.717, 1.165) is 12.8 Å². The van der Waals surface area contributed by atoms with Crippen molar-refractivity contribution >= 4 is 23.6 Å². The molecule has 3 amide bonds. The molecule has 1 atom stereocenters. The molecule has 1 saturated heterocycles. The van der Waals surface area contributed by atoms with Crippen LogP contribution < -0.4 is 10.1 Å². The summed E-state index contributed by atoms with van der Waals surface area (Å²) in [4.78, 5) is 41.4. The first-order valence-corrected chi connectivity index (χ1v) is 13.1. The number of nitrogens with one attached hydrogen (secondary N) is 1. The van der Waals surface area contributed by atoms with E-state index in [9.17, 15) is 27.6 Å². The number of para-hydroxylation sites is 1. The van der Waals surface area contributed by atoms with Gasteiger partial charge in [0.2, 0.25) is 11.8 Å². The molecule has 0 radical (unpaired) electrons. The lowest BCUT2D eigenvalue weighted by atomic mass is 9.98. The summed E-state index contributed by atoms with van der Waals surface area (Å²) in [6, 6.07) is 10.1. The number of alkyl halides is 3. The van der Waals surface area contributed by atoms with Crippen molar-refractivity contribution in [1.29, 1.82) is 0 Å². The Morgan fingerprint density at radius 3 is 2.40 bits per heavy atom. The maximum Gasteiger partial charge on any atom is 0.573 e. The predicted octanol–water partition coefficient (Wildman–Crippen LogP) is 6.14. The number of benzene rings is 2. The number of halogens is 3. The Bertz CT molecular complexity index is 1230. The van der Waals surface area contributed by atoms with Gasteiger partial charge in [-0.15, -0.1) is 13.2 Å². The van der Waals surface area contributed by atoms with Gasteiger partial charge < -0.3 is 24.6 Å².